The number of oxime groups is 1. The topological polar surface area (TPSA) is 34.1 Å². The normalized spacial score (nSPS) is 24.3. The van der Waals surface area contributed by atoms with Gasteiger partial charge in [0, 0.05) is 0 Å². The van der Waals surface area contributed by atoms with Crippen molar-refractivity contribution in [2.45, 2.75) is 13.0 Å². The van der Waals surface area contributed by atoms with Gasteiger partial charge in [-0.2, -0.15) is 0 Å². The van der Waals surface area contributed by atoms with Gasteiger partial charge < -0.3 is 9.57 Å². The molecule has 3 nitrogen and oxygen atoms in total. The van der Waals surface area contributed by atoms with Crippen LogP contribution >= 0.6 is 0 Å². The van der Waals surface area contributed by atoms with E-state index < -0.39 is 0 Å². The Balaban J connectivity index is 1.92. The van der Waals surface area contributed by atoms with Gasteiger partial charge in [0.15, 0.2) is 0 Å². The van der Waals surface area contributed by atoms with E-state index in [-0.39, 0.29) is 0 Å². The molecule has 1 rings (SSSR count). The summed E-state index contributed by atoms with van der Waals surface area (Å²) in [4.78, 5) is 4.85. The monoisotopic (exact) mass is 141 g/mol. The van der Waals surface area contributed by atoms with Gasteiger partial charge in [0.25, 0.3) is 0 Å². The molecule has 0 aromatic heterocycles. The third kappa shape index (κ3) is 3.25. The number of allylic oxidation sites excluding steroid dienone is 2. The molecule has 0 bridgehead atoms. The van der Waals surface area contributed by atoms with Crippen molar-refractivity contribution >= 4 is 6.21 Å². The minimum Gasteiger partial charge on any atom is -0.393 e. The molecule has 1 atom stereocenters. The molecule has 0 radical (unpaired) electrons. The highest BCUT2D eigenvalue weighted by Crippen LogP contribution is 2.07. The van der Waals surface area contributed by atoms with Gasteiger partial charge in [0.05, 0.1) is 12.8 Å². The summed E-state index contributed by atoms with van der Waals surface area (Å²) in [5.41, 5.74) is 0. The molecule has 0 aliphatic carbocycles. The molecule has 10 heavy (non-hydrogen) atoms. The van der Waals surface area contributed by atoms with Crippen LogP contribution in [0.2, 0.25) is 0 Å². The van der Waals surface area contributed by atoms with Crippen molar-refractivity contribution in [3.63, 3.8) is 0 Å². The zero-order valence-electron chi connectivity index (χ0n) is 5.99. The van der Waals surface area contributed by atoms with Gasteiger partial charge in [0.1, 0.15) is 12.7 Å². The maximum absolute atomic E-state index is 4.90. The second-order valence-corrected chi connectivity index (χ2v) is 2.03. The van der Waals surface area contributed by atoms with Crippen molar-refractivity contribution in [2.24, 2.45) is 5.16 Å². The van der Waals surface area contributed by atoms with Crippen molar-refractivity contribution in [1.82, 2.24) is 0 Å². The summed E-state index contributed by atoms with van der Waals surface area (Å²) in [5, 5.41) is 3.65. The summed E-state index contributed by atoms with van der Waals surface area (Å²) >= 11 is 0. The van der Waals surface area contributed by atoms with Crippen LogP contribution in [0.1, 0.15) is 6.92 Å². The van der Waals surface area contributed by atoms with Crippen molar-refractivity contribution in [3.8, 4) is 0 Å². The Morgan fingerprint density at radius 2 is 2.60 bits per heavy atom. The molecule has 0 saturated carbocycles. The minimum absolute atomic E-state index is 0.294. The lowest BCUT2D eigenvalue weighted by Gasteiger charge is -1.90. The molecular weight excluding hydrogens is 130 g/mol. The first-order chi connectivity index (χ1) is 4.93. The molecule has 0 amide bonds. The summed E-state index contributed by atoms with van der Waals surface area (Å²) in [7, 11) is 0. The van der Waals surface area contributed by atoms with Gasteiger partial charge >= 0.3 is 0 Å². The number of ether oxygens (including phenoxy) is 1. The van der Waals surface area contributed by atoms with Crippen LogP contribution in [0.25, 0.3) is 0 Å². The van der Waals surface area contributed by atoms with E-state index in [0.29, 0.717) is 12.7 Å². The molecular formula is C7H11NO2. The molecule has 1 aliphatic rings. The lowest BCUT2D eigenvalue weighted by molar-refractivity contribution is 0.126. The highest BCUT2D eigenvalue weighted by Gasteiger charge is 2.22. The number of nitrogens with zero attached hydrogens (tertiary/aromatic N) is 1. The molecule has 3 heteroatoms. The minimum atomic E-state index is 0.294. The molecule has 0 N–H and O–H groups in total. The van der Waals surface area contributed by atoms with Crippen molar-refractivity contribution in [1.29, 1.82) is 0 Å². The largest absolute Gasteiger partial charge is 0.393 e. The number of hydrogen-bond donors (Lipinski definition) is 0. The summed E-state index contributed by atoms with van der Waals surface area (Å²) in [6.07, 6.45) is 5.61. The highest BCUT2D eigenvalue weighted by molar-refractivity contribution is 5.70. The highest BCUT2D eigenvalue weighted by atomic mass is 16.7. The fourth-order valence-corrected chi connectivity index (χ4v) is 0.455. The lowest BCUT2D eigenvalue weighted by atomic mass is 10.5. The fraction of sp³-hybridized carbons (Fsp3) is 0.571. The Labute approximate surface area is 60.3 Å². The van der Waals surface area contributed by atoms with Crippen LogP contribution < -0.4 is 0 Å². The predicted octanol–water partition coefficient (Wildman–Crippen LogP) is 0.964. The molecule has 1 fully saturated rings. The van der Waals surface area contributed by atoms with Crippen LogP contribution in [-0.4, -0.2) is 25.5 Å². The predicted molar refractivity (Wildman–Crippen MR) is 39.0 cm³/mol. The van der Waals surface area contributed by atoms with E-state index in [9.17, 15) is 0 Å². The maximum atomic E-state index is 4.90. The first kappa shape index (κ1) is 7.28. The Morgan fingerprint density at radius 1 is 1.80 bits per heavy atom. The van der Waals surface area contributed by atoms with Crippen LogP contribution in [0, 0.1) is 0 Å². The van der Waals surface area contributed by atoms with E-state index in [1.807, 2.05) is 19.1 Å². The summed E-state index contributed by atoms with van der Waals surface area (Å²) in [5.74, 6) is 0. The third-order valence-electron chi connectivity index (χ3n) is 1.08. The molecule has 1 unspecified atom stereocenters. The molecule has 0 spiro atoms. The fourth-order valence-electron chi connectivity index (χ4n) is 0.455. The maximum Gasteiger partial charge on any atom is 0.145 e. The first-order valence-electron chi connectivity index (χ1n) is 3.31. The SMILES string of the molecule is C/C=C/C=N/OCC1CO1. The van der Waals surface area contributed by atoms with Gasteiger partial charge in [-0.05, 0) is 13.0 Å². The number of rotatable bonds is 4. The zero-order valence-corrected chi connectivity index (χ0v) is 5.99. The average molecular weight is 141 g/mol. The van der Waals surface area contributed by atoms with Crippen LogP contribution in [0.15, 0.2) is 17.3 Å². The molecule has 1 saturated heterocycles. The second kappa shape index (κ2) is 4.06. The van der Waals surface area contributed by atoms with E-state index in [4.69, 9.17) is 9.57 Å². The van der Waals surface area contributed by atoms with Crippen LogP contribution in [0.3, 0.4) is 0 Å². The van der Waals surface area contributed by atoms with E-state index in [2.05, 4.69) is 5.16 Å². The Kier molecular flexibility index (Phi) is 2.96. The van der Waals surface area contributed by atoms with Gasteiger partial charge in [-0.1, -0.05) is 11.2 Å². The van der Waals surface area contributed by atoms with Crippen LogP contribution in [0.5, 0.6) is 0 Å². The van der Waals surface area contributed by atoms with E-state index in [0.717, 1.165) is 6.61 Å². The van der Waals surface area contributed by atoms with Gasteiger partial charge in [0.2, 0.25) is 0 Å². The van der Waals surface area contributed by atoms with Crippen molar-refractivity contribution in [3.05, 3.63) is 12.2 Å². The molecule has 1 aliphatic heterocycles. The number of epoxide rings is 1. The molecule has 56 valence electrons. The van der Waals surface area contributed by atoms with Crippen LogP contribution in [-0.2, 0) is 9.57 Å². The van der Waals surface area contributed by atoms with Crippen molar-refractivity contribution < 1.29 is 9.57 Å². The Hall–Kier alpha value is -0.830. The van der Waals surface area contributed by atoms with Gasteiger partial charge in [-0.25, -0.2) is 0 Å². The average Bonchev–Trinajstić information content (AvgIpc) is 2.71. The molecule has 0 aromatic rings. The first-order valence-corrected chi connectivity index (χ1v) is 3.31. The Bertz CT molecular complexity index is 139. The smallest absolute Gasteiger partial charge is 0.145 e. The third-order valence-corrected chi connectivity index (χ3v) is 1.08. The second-order valence-electron chi connectivity index (χ2n) is 2.03. The summed E-state index contributed by atoms with van der Waals surface area (Å²) < 4.78 is 4.90. The van der Waals surface area contributed by atoms with Crippen molar-refractivity contribution in [2.75, 3.05) is 13.2 Å². The quantitative estimate of drug-likeness (QED) is 0.332. The van der Waals surface area contributed by atoms with E-state index >= 15 is 0 Å². The van der Waals surface area contributed by atoms with E-state index in [1.165, 1.54) is 0 Å². The molecule has 0 aromatic carbocycles. The summed E-state index contributed by atoms with van der Waals surface area (Å²) in [6, 6.07) is 0. The van der Waals surface area contributed by atoms with Gasteiger partial charge in [-0.3, -0.25) is 0 Å². The summed E-state index contributed by atoms with van der Waals surface area (Å²) in [6.45, 7) is 3.32. The van der Waals surface area contributed by atoms with E-state index in [1.54, 1.807) is 6.21 Å². The van der Waals surface area contributed by atoms with Crippen LogP contribution in [0.4, 0.5) is 0 Å². The molecule has 1 heterocycles. The lowest BCUT2D eigenvalue weighted by Crippen LogP contribution is -1.95. The van der Waals surface area contributed by atoms with Gasteiger partial charge in [-0.15, -0.1) is 0 Å². The number of hydrogen-bond acceptors (Lipinski definition) is 3. The standard InChI is InChI=1S/C7H11NO2/c1-2-3-4-8-10-6-7-5-9-7/h2-4,7H,5-6H2,1H3/b3-2+,8-4+. The Morgan fingerprint density at radius 3 is 3.20 bits per heavy atom. The zero-order chi connectivity index (χ0) is 7.23.